The molecule has 0 heterocycles. The summed E-state index contributed by atoms with van der Waals surface area (Å²) in [7, 11) is 0. The summed E-state index contributed by atoms with van der Waals surface area (Å²) in [6.07, 6.45) is 0. The van der Waals surface area contributed by atoms with Crippen molar-refractivity contribution in [3.63, 3.8) is 0 Å². The maximum absolute atomic E-state index is 12.5. The summed E-state index contributed by atoms with van der Waals surface area (Å²) in [6, 6.07) is 16.4. The van der Waals surface area contributed by atoms with Gasteiger partial charge in [-0.2, -0.15) is 8.78 Å². The van der Waals surface area contributed by atoms with E-state index in [-0.39, 0.29) is 11.7 Å². The van der Waals surface area contributed by atoms with Crippen molar-refractivity contribution in [2.75, 3.05) is 11.1 Å². The van der Waals surface area contributed by atoms with Crippen molar-refractivity contribution in [1.82, 2.24) is 0 Å². The fraction of sp³-hybridized carbons (Fsp3) is 0.188. The van der Waals surface area contributed by atoms with Crippen LogP contribution in [0.3, 0.4) is 0 Å². The molecule has 2 rings (SSSR count). The lowest BCUT2D eigenvalue weighted by Crippen LogP contribution is -2.14. The average molecular weight is 339 g/mol. The number of carbonyl (C=O) groups is 1. The molecule has 1 amide bonds. The van der Waals surface area contributed by atoms with Crippen LogP contribution in [0.4, 0.5) is 14.5 Å². The first-order valence-electron chi connectivity index (χ1n) is 6.60. The Morgan fingerprint density at radius 3 is 2.45 bits per heavy atom. The van der Waals surface area contributed by atoms with Crippen LogP contribution >= 0.6 is 23.5 Å². The minimum absolute atomic E-state index is 0.191. The second kappa shape index (κ2) is 8.80. The van der Waals surface area contributed by atoms with Gasteiger partial charge in [-0.05, 0) is 17.7 Å². The Labute approximate surface area is 136 Å². The van der Waals surface area contributed by atoms with E-state index < -0.39 is 5.76 Å². The first-order valence-corrected chi connectivity index (χ1v) is 8.64. The van der Waals surface area contributed by atoms with Crippen LogP contribution in [0.15, 0.2) is 59.5 Å². The molecule has 22 heavy (non-hydrogen) atoms. The minimum atomic E-state index is -2.51. The molecule has 0 aliphatic carbocycles. The molecule has 0 aromatic heterocycles. The number of para-hydroxylation sites is 1. The van der Waals surface area contributed by atoms with Gasteiger partial charge in [-0.3, -0.25) is 4.79 Å². The van der Waals surface area contributed by atoms with Crippen molar-refractivity contribution < 1.29 is 13.6 Å². The van der Waals surface area contributed by atoms with Crippen molar-refractivity contribution >= 4 is 35.1 Å². The molecule has 2 aromatic carbocycles. The fourth-order valence-electron chi connectivity index (χ4n) is 1.79. The van der Waals surface area contributed by atoms with Gasteiger partial charge in [0.1, 0.15) is 0 Å². The molecular weight excluding hydrogens is 324 g/mol. The van der Waals surface area contributed by atoms with E-state index in [1.165, 1.54) is 11.8 Å². The summed E-state index contributed by atoms with van der Waals surface area (Å²) in [5, 5.41) is 2.69. The monoisotopic (exact) mass is 339 g/mol. The molecule has 0 atom stereocenters. The zero-order valence-corrected chi connectivity index (χ0v) is 13.3. The number of nitrogens with one attached hydrogen (secondary N) is 1. The molecule has 0 saturated heterocycles. The van der Waals surface area contributed by atoms with Gasteiger partial charge in [0.2, 0.25) is 5.91 Å². The van der Waals surface area contributed by atoms with Gasteiger partial charge in [-0.1, -0.05) is 54.2 Å². The van der Waals surface area contributed by atoms with Crippen molar-refractivity contribution in [2.24, 2.45) is 0 Å². The first-order chi connectivity index (χ1) is 10.6. The molecule has 0 fully saturated rings. The van der Waals surface area contributed by atoms with E-state index >= 15 is 0 Å². The highest BCUT2D eigenvalue weighted by molar-refractivity contribution is 7.99. The Balaban J connectivity index is 1.84. The molecule has 2 nitrogen and oxygen atoms in total. The Morgan fingerprint density at radius 1 is 1.05 bits per heavy atom. The lowest BCUT2D eigenvalue weighted by atomic mass is 10.2. The van der Waals surface area contributed by atoms with Crippen LogP contribution in [-0.2, 0) is 10.5 Å². The van der Waals surface area contributed by atoms with E-state index in [2.05, 4.69) is 5.32 Å². The summed E-state index contributed by atoms with van der Waals surface area (Å²) >= 11 is 1.92. The van der Waals surface area contributed by atoms with Crippen LogP contribution < -0.4 is 5.32 Å². The highest BCUT2D eigenvalue weighted by atomic mass is 32.2. The van der Waals surface area contributed by atoms with Gasteiger partial charge in [0.05, 0.1) is 11.4 Å². The zero-order chi connectivity index (χ0) is 15.8. The summed E-state index contributed by atoms with van der Waals surface area (Å²) < 4.78 is 24.9. The largest absolute Gasteiger partial charge is 0.324 e. The van der Waals surface area contributed by atoms with E-state index in [9.17, 15) is 13.6 Å². The van der Waals surface area contributed by atoms with Crippen LogP contribution in [0.2, 0.25) is 0 Å². The third-order valence-electron chi connectivity index (χ3n) is 2.72. The molecule has 0 bridgehead atoms. The normalized spacial score (nSPS) is 10.7. The highest BCUT2D eigenvalue weighted by Crippen LogP contribution is 2.31. The van der Waals surface area contributed by atoms with Gasteiger partial charge in [-0.25, -0.2) is 0 Å². The van der Waals surface area contributed by atoms with Gasteiger partial charge >= 0.3 is 0 Å². The molecule has 0 aliphatic rings. The predicted octanol–water partition coefficient (Wildman–Crippen LogP) is 4.87. The number of anilines is 1. The number of hydrogen-bond acceptors (Lipinski definition) is 3. The summed E-state index contributed by atoms with van der Waals surface area (Å²) in [6.45, 7) is 0. The highest BCUT2D eigenvalue weighted by Gasteiger charge is 2.11. The molecule has 6 heteroatoms. The molecule has 0 spiro atoms. The molecule has 1 N–H and O–H groups in total. The second-order valence-electron chi connectivity index (χ2n) is 4.40. The Bertz CT molecular complexity index is 608. The number of carbonyl (C=O) groups excluding carboxylic acids is 1. The quantitative estimate of drug-likeness (QED) is 0.730. The van der Waals surface area contributed by atoms with Crippen molar-refractivity contribution in [3.05, 3.63) is 60.2 Å². The van der Waals surface area contributed by atoms with Crippen LogP contribution in [0.25, 0.3) is 0 Å². The van der Waals surface area contributed by atoms with Gasteiger partial charge < -0.3 is 5.32 Å². The average Bonchev–Trinajstić information content (AvgIpc) is 2.50. The zero-order valence-electron chi connectivity index (χ0n) is 11.7. The lowest BCUT2D eigenvalue weighted by Gasteiger charge is -2.10. The first kappa shape index (κ1) is 16.8. The Morgan fingerprint density at radius 2 is 1.73 bits per heavy atom. The maximum Gasteiger partial charge on any atom is 0.288 e. The third-order valence-corrected chi connectivity index (χ3v) is 4.51. The summed E-state index contributed by atoms with van der Waals surface area (Å²) in [5.74, 6) is -1.68. The van der Waals surface area contributed by atoms with E-state index in [0.29, 0.717) is 22.3 Å². The van der Waals surface area contributed by atoms with Crippen LogP contribution in [0.5, 0.6) is 0 Å². The van der Waals surface area contributed by atoms with Crippen molar-refractivity contribution in [1.29, 1.82) is 0 Å². The van der Waals surface area contributed by atoms with Gasteiger partial charge in [0.15, 0.2) is 0 Å². The number of rotatable bonds is 7. The number of hydrogen-bond donors (Lipinski definition) is 1. The van der Waals surface area contributed by atoms with Crippen LogP contribution in [0, 0.1) is 0 Å². The fourth-order valence-corrected chi connectivity index (χ4v) is 3.17. The molecule has 2 aromatic rings. The van der Waals surface area contributed by atoms with Gasteiger partial charge in [0, 0.05) is 10.6 Å². The number of halogens is 2. The lowest BCUT2D eigenvalue weighted by molar-refractivity contribution is -0.113. The standard InChI is InChI=1S/C16H15F2NOS2/c17-16(18)22-14-9-5-4-8-13(14)19-15(20)11-21-10-12-6-2-1-3-7-12/h1-9,16H,10-11H2,(H,19,20). The molecule has 0 unspecified atom stereocenters. The smallest absolute Gasteiger partial charge is 0.288 e. The van der Waals surface area contributed by atoms with Gasteiger partial charge in [0.25, 0.3) is 5.76 Å². The van der Waals surface area contributed by atoms with Crippen molar-refractivity contribution in [3.8, 4) is 0 Å². The van der Waals surface area contributed by atoms with Crippen LogP contribution in [-0.4, -0.2) is 17.4 Å². The summed E-state index contributed by atoms with van der Waals surface area (Å²) in [4.78, 5) is 12.3. The van der Waals surface area contributed by atoms with E-state index in [1.807, 2.05) is 30.3 Å². The number of thioether (sulfide) groups is 2. The van der Waals surface area contributed by atoms with Crippen molar-refractivity contribution in [2.45, 2.75) is 16.4 Å². The summed E-state index contributed by atoms with van der Waals surface area (Å²) in [5.41, 5.74) is 1.58. The molecule has 0 radical (unpaired) electrons. The molecule has 0 aliphatic heterocycles. The van der Waals surface area contributed by atoms with Crippen LogP contribution in [0.1, 0.15) is 5.56 Å². The van der Waals surface area contributed by atoms with E-state index in [1.54, 1.807) is 24.3 Å². The predicted molar refractivity (Wildman–Crippen MR) is 89.5 cm³/mol. The topological polar surface area (TPSA) is 29.1 Å². The maximum atomic E-state index is 12.5. The SMILES string of the molecule is O=C(CSCc1ccccc1)Nc1ccccc1SC(F)F. The number of alkyl halides is 2. The van der Waals surface area contributed by atoms with E-state index in [0.717, 1.165) is 11.3 Å². The molecule has 116 valence electrons. The minimum Gasteiger partial charge on any atom is -0.324 e. The van der Waals surface area contributed by atoms with E-state index in [4.69, 9.17) is 0 Å². The Hall–Kier alpha value is -1.53. The second-order valence-corrected chi connectivity index (χ2v) is 6.42. The number of benzene rings is 2. The molecule has 0 saturated carbocycles. The van der Waals surface area contributed by atoms with Gasteiger partial charge in [-0.15, -0.1) is 11.8 Å². The third kappa shape index (κ3) is 5.69. The molecular formula is C16H15F2NOS2. The Kier molecular flexibility index (Phi) is 6.74. The number of amides is 1.